The molecule has 1 N–H and O–H groups in total. The minimum atomic E-state index is -0.0170. The minimum absolute atomic E-state index is 0.0170. The van der Waals surface area contributed by atoms with E-state index in [2.05, 4.69) is 38.1 Å². The Hall–Kier alpha value is -1.95. The number of hydrogen-bond acceptors (Lipinski definition) is 4. The number of piperidine rings is 1. The summed E-state index contributed by atoms with van der Waals surface area (Å²) in [4.78, 5) is 23.0. The number of benzene rings is 1. The molecule has 0 aliphatic carbocycles. The van der Waals surface area contributed by atoms with Gasteiger partial charge in [0.2, 0.25) is 5.95 Å². The molecule has 120 valence electrons. The Balaban J connectivity index is 1.73. The number of carbonyl (C=O) groups excluding carboxylic acids is 1. The van der Waals surface area contributed by atoms with Gasteiger partial charge in [0.25, 0.3) is 5.91 Å². The van der Waals surface area contributed by atoms with Gasteiger partial charge in [-0.1, -0.05) is 28.9 Å². The van der Waals surface area contributed by atoms with Gasteiger partial charge < -0.3 is 10.2 Å². The molecular weight excluding hydrogens is 356 g/mol. The minimum Gasteiger partial charge on any atom is -0.337 e. The molecule has 6 heteroatoms. The van der Waals surface area contributed by atoms with Crippen LogP contribution < -0.4 is 5.32 Å². The van der Waals surface area contributed by atoms with E-state index in [4.69, 9.17) is 0 Å². The maximum absolute atomic E-state index is 12.6. The molecule has 0 atom stereocenters. The highest BCUT2D eigenvalue weighted by atomic mass is 79.9. The summed E-state index contributed by atoms with van der Waals surface area (Å²) in [6.45, 7) is 3.84. The topological polar surface area (TPSA) is 58.1 Å². The van der Waals surface area contributed by atoms with Crippen LogP contribution in [0.2, 0.25) is 0 Å². The van der Waals surface area contributed by atoms with E-state index in [1.54, 1.807) is 12.3 Å². The van der Waals surface area contributed by atoms with Crippen LogP contribution >= 0.6 is 15.9 Å². The highest BCUT2D eigenvalue weighted by Gasteiger charge is 2.22. The second-order valence-corrected chi connectivity index (χ2v) is 6.79. The van der Waals surface area contributed by atoms with Crippen LogP contribution in [0.3, 0.4) is 0 Å². The summed E-state index contributed by atoms with van der Waals surface area (Å²) in [6.07, 6.45) is 3.73. The lowest BCUT2D eigenvalue weighted by molar-refractivity contribution is 0.0691. The Bertz CT molecular complexity index is 698. The van der Waals surface area contributed by atoms with E-state index < -0.39 is 0 Å². The molecule has 1 aliphatic rings. The number of anilines is 2. The van der Waals surface area contributed by atoms with Crippen molar-refractivity contribution in [3.8, 4) is 0 Å². The summed E-state index contributed by atoms with van der Waals surface area (Å²) in [7, 11) is 0. The molecule has 23 heavy (non-hydrogen) atoms. The number of nitrogens with zero attached hydrogens (tertiary/aromatic N) is 3. The summed E-state index contributed by atoms with van der Waals surface area (Å²) >= 11 is 3.43. The molecule has 0 unspecified atom stereocenters. The SMILES string of the molecule is CC1CCN(C(=O)c2ccnc(Nc3cccc(Br)c3)n2)CC1. The fourth-order valence-corrected chi connectivity index (χ4v) is 3.01. The molecule has 2 heterocycles. The van der Waals surface area contributed by atoms with Gasteiger partial charge in [0.05, 0.1) is 0 Å². The van der Waals surface area contributed by atoms with Gasteiger partial charge in [0.1, 0.15) is 5.69 Å². The van der Waals surface area contributed by atoms with Gasteiger partial charge in [-0.05, 0) is 43.0 Å². The van der Waals surface area contributed by atoms with Gasteiger partial charge in [-0.2, -0.15) is 0 Å². The monoisotopic (exact) mass is 374 g/mol. The van der Waals surface area contributed by atoms with Crippen molar-refractivity contribution in [1.29, 1.82) is 0 Å². The zero-order chi connectivity index (χ0) is 16.2. The van der Waals surface area contributed by atoms with Crippen LogP contribution in [-0.4, -0.2) is 33.9 Å². The molecular formula is C17H19BrN4O. The summed E-state index contributed by atoms with van der Waals surface area (Å²) in [5, 5.41) is 3.13. The van der Waals surface area contributed by atoms with Crippen LogP contribution in [0.25, 0.3) is 0 Å². The highest BCUT2D eigenvalue weighted by Crippen LogP contribution is 2.20. The number of amides is 1. The quantitative estimate of drug-likeness (QED) is 0.885. The van der Waals surface area contributed by atoms with Crippen LogP contribution in [0.1, 0.15) is 30.3 Å². The molecule has 0 bridgehead atoms. The van der Waals surface area contributed by atoms with E-state index in [9.17, 15) is 4.79 Å². The molecule has 1 aromatic carbocycles. The Labute approximate surface area is 144 Å². The van der Waals surface area contributed by atoms with Crippen molar-refractivity contribution in [3.63, 3.8) is 0 Å². The van der Waals surface area contributed by atoms with E-state index in [1.165, 1.54) is 0 Å². The van der Waals surface area contributed by atoms with Gasteiger partial charge in [-0.15, -0.1) is 0 Å². The maximum atomic E-state index is 12.6. The first-order valence-corrected chi connectivity index (χ1v) is 8.56. The number of rotatable bonds is 3. The summed E-state index contributed by atoms with van der Waals surface area (Å²) in [6, 6.07) is 9.41. The predicted molar refractivity (Wildman–Crippen MR) is 93.8 cm³/mol. The fourth-order valence-electron chi connectivity index (χ4n) is 2.61. The van der Waals surface area contributed by atoms with E-state index in [-0.39, 0.29) is 5.91 Å². The van der Waals surface area contributed by atoms with Gasteiger partial charge >= 0.3 is 0 Å². The Morgan fingerprint density at radius 1 is 1.30 bits per heavy atom. The van der Waals surface area contributed by atoms with E-state index in [0.29, 0.717) is 17.6 Å². The molecule has 1 fully saturated rings. The van der Waals surface area contributed by atoms with Gasteiger partial charge in [0, 0.05) is 29.4 Å². The van der Waals surface area contributed by atoms with Crippen LogP contribution in [0.5, 0.6) is 0 Å². The molecule has 2 aromatic rings. The number of carbonyl (C=O) groups is 1. The van der Waals surface area contributed by atoms with Gasteiger partial charge in [0.15, 0.2) is 0 Å². The van der Waals surface area contributed by atoms with Crippen molar-refractivity contribution in [1.82, 2.24) is 14.9 Å². The van der Waals surface area contributed by atoms with Gasteiger partial charge in [-0.3, -0.25) is 4.79 Å². The molecule has 0 radical (unpaired) electrons. The second kappa shape index (κ2) is 7.08. The lowest BCUT2D eigenvalue weighted by atomic mass is 9.99. The summed E-state index contributed by atoms with van der Waals surface area (Å²) in [5.41, 5.74) is 1.31. The van der Waals surface area contributed by atoms with Crippen LogP contribution in [0.4, 0.5) is 11.6 Å². The Kier molecular flexibility index (Phi) is 4.91. The average Bonchev–Trinajstić information content (AvgIpc) is 2.55. The number of likely N-dealkylation sites (tertiary alicyclic amines) is 1. The van der Waals surface area contributed by atoms with Crippen molar-refractivity contribution in [3.05, 3.63) is 46.7 Å². The zero-order valence-corrected chi connectivity index (χ0v) is 14.6. The molecule has 5 nitrogen and oxygen atoms in total. The second-order valence-electron chi connectivity index (χ2n) is 5.88. The maximum Gasteiger partial charge on any atom is 0.272 e. The largest absolute Gasteiger partial charge is 0.337 e. The summed E-state index contributed by atoms with van der Waals surface area (Å²) in [5.74, 6) is 1.11. The lowest BCUT2D eigenvalue weighted by Gasteiger charge is -2.30. The lowest BCUT2D eigenvalue weighted by Crippen LogP contribution is -2.38. The van der Waals surface area contributed by atoms with Crippen LogP contribution in [-0.2, 0) is 0 Å². The van der Waals surface area contributed by atoms with Crippen molar-refractivity contribution >= 4 is 33.5 Å². The first-order chi connectivity index (χ1) is 11.1. The number of nitrogens with one attached hydrogen (secondary N) is 1. The predicted octanol–water partition coefficient (Wildman–Crippen LogP) is 3.85. The number of halogens is 1. The molecule has 1 aromatic heterocycles. The van der Waals surface area contributed by atoms with Crippen LogP contribution in [0, 0.1) is 5.92 Å². The Morgan fingerprint density at radius 3 is 2.83 bits per heavy atom. The molecule has 1 saturated heterocycles. The number of hydrogen-bond donors (Lipinski definition) is 1. The molecule has 1 amide bonds. The standard InChI is InChI=1S/C17H19BrN4O/c1-12-6-9-22(10-7-12)16(23)15-5-8-19-17(21-15)20-14-4-2-3-13(18)11-14/h2-5,8,11-12H,6-7,9-10H2,1H3,(H,19,20,21). The van der Waals surface area contributed by atoms with E-state index in [0.717, 1.165) is 36.1 Å². The van der Waals surface area contributed by atoms with Crippen molar-refractivity contribution in [2.75, 3.05) is 18.4 Å². The normalized spacial score (nSPS) is 15.5. The van der Waals surface area contributed by atoms with Crippen molar-refractivity contribution in [2.24, 2.45) is 5.92 Å². The third-order valence-corrected chi connectivity index (χ3v) is 4.52. The third kappa shape index (κ3) is 4.07. The van der Waals surface area contributed by atoms with Gasteiger partial charge in [-0.25, -0.2) is 9.97 Å². The van der Waals surface area contributed by atoms with Crippen molar-refractivity contribution in [2.45, 2.75) is 19.8 Å². The molecule has 1 aliphatic heterocycles. The Morgan fingerprint density at radius 2 is 2.09 bits per heavy atom. The highest BCUT2D eigenvalue weighted by molar-refractivity contribution is 9.10. The van der Waals surface area contributed by atoms with E-state index in [1.807, 2.05) is 29.2 Å². The van der Waals surface area contributed by atoms with E-state index >= 15 is 0 Å². The first-order valence-electron chi connectivity index (χ1n) is 7.77. The molecule has 0 saturated carbocycles. The fraction of sp³-hybridized carbons (Fsp3) is 0.353. The average molecular weight is 375 g/mol. The van der Waals surface area contributed by atoms with Crippen molar-refractivity contribution < 1.29 is 4.79 Å². The summed E-state index contributed by atoms with van der Waals surface area (Å²) < 4.78 is 0.970. The third-order valence-electron chi connectivity index (χ3n) is 4.03. The zero-order valence-electron chi connectivity index (χ0n) is 13.0. The first kappa shape index (κ1) is 15.9. The molecule has 0 spiro atoms. The number of aromatic nitrogens is 2. The molecule has 3 rings (SSSR count). The smallest absolute Gasteiger partial charge is 0.272 e. The van der Waals surface area contributed by atoms with Crippen LogP contribution in [0.15, 0.2) is 41.0 Å².